The van der Waals surface area contributed by atoms with Gasteiger partial charge in [-0.1, -0.05) is 273 Å². The summed E-state index contributed by atoms with van der Waals surface area (Å²) >= 11 is 0. The molecule has 0 aromatic rings. The largest absolute Gasteiger partial charge is 0.289 e. The summed E-state index contributed by atoms with van der Waals surface area (Å²) in [6.45, 7) is 38.7. The minimum atomic E-state index is 0.103. The standard InChI is InChI=1S/C35H52O2.C34H50O2.C22H26O2.C20H22O2/c1-5-8-11-13-15-17-20-31-25-29(24-28(4)34(31)36)22-23-30-26-32(19-10-7-3)35(37)33(27-30)21-18-16-14-12-9-6-2;1-6-8-10-12-14-16-18-30-23-28(22-27(5)33(30)35)20-21-29-24-31(19-17-15-13-11-9-7-2)34(36)32(25-29)26(3)4;1-6-18-11-16(10-15(5)21(18)23)8-9-17-12-19(7-2)22(24)20(13-17)14(3)4;1-12(2)18-11-17(10-15(5)20(18)22)7-6-16-8-13(3)19(21)14(4)9-16/h22-27H,5-21H2,1-4H3;20-26H,6-19H2,1-5H3;8-14H,6-7H2,1-5H3;6-12H,1-5H3/b29-22-,30-23-;28-20-,29-21+;16-8-,17-9+;17-7+. The molecule has 0 radical (unpaired) electrons. The second-order valence-corrected chi connectivity index (χ2v) is 34.8. The van der Waals surface area contributed by atoms with E-state index in [0.717, 1.165) is 217 Å². The molecule has 0 aliphatic heterocycles. The van der Waals surface area contributed by atoms with Crippen molar-refractivity contribution in [3.8, 4) is 0 Å². The average Bonchev–Trinajstić information content (AvgIpc) is 0.830. The number of hydrogen-bond acceptors (Lipinski definition) is 8. The highest BCUT2D eigenvalue weighted by molar-refractivity contribution is 6.14. The van der Waals surface area contributed by atoms with Crippen molar-refractivity contribution >= 4 is 46.3 Å². The van der Waals surface area contributed by atoms with E-state index in [0.29, 0.717) is 0 Å². The van der Waals surface area contributed by atoms with E-state index in [4.69, 9.17) is 0 Å². The van der Waals surface area contributed by atoms with Gasteiger partial charge in [-0.2, -0.15) is 0 Å². The number of rotatable bonds is 40. The summed E-state index contributed by atoms with van der Waals surface area (Å²) in [7, 11) is 0. The first-order valence-corrected chi connectivity index (χ1v) is 46.3. The SMILES string of the molecule is CC1=CC(=C/C=C2\C=C(C)C(=O)C(C(C)C)=C2)C=C(C)C1=O.CCC1=C/C(=C\C=C2/C=C(CC)C(=O)C(C(C)C)=C2)C=C(C)C1=O.CCCCCCCCC1=C/C(=C\C=C2/C=C(CCCCCCCC)C(=O)C(C(C)C)=C2)C=C(C)C1=O.CCCCCCCCC1=C/C(=C\C=C2\C=C(CCCC)C(=O)C(CCCCCCCC)=C2)C=C(C)C1=O. The molecular weight excluding hydrogens is 1460 g/mol. The van der Waals surface area contributed by atoms with Gasteiger partial charge in [-0.15, -0.1) is 0 Å². The van der Waals surface area contributed by atoms with E-state index in [2.05, 4.69) is 109 Å². The molecule has 0 atom stereocenters. The Bertz CT molecular complexity index is 4430. The van der Waals surface area contributed by atoms with Crippen LogP contribution in [0.5, 0.6) is 0 Å². The molecular formula is C111H150O8. The summed E-state index contributed by atoms with van der Waals surface area (Å²) in [5.41, 5.74) is 22.2. The van der Waals surface area contributed by atoms with Crippen LogP contribution in [0.1, 0.15) is 343 Å². The van der Waals surface area contributed by atoms with E-state index in [1.165, 1.54) is 128 Å². The molecule has 8 aliphatic carbocycles. The van der Waals surface area contributed by atoms with Crippen LogP contribution in [0.2, 0.25) is 0 Å². The van der Waals surface area contributed by atoms with Gasteiger partial charge in [-0.3, -0.25) is 38.4 Å². The van der Waals surface area contributed by atoms with Crippen molar-refractivity contribution in [1.82, 2.24) is 0 Å². The number of hydrogen-bond donors (Lipinski definition) is 0. The quantitative estimate of drug-likeness (QED) is 0.0553. The van der Waals surface area contributed by atoms with Crippen molar-refractivity contribution in [1.29, 1.82) is 0 Å². The number of allylic oxidation sites excluding steroid dienone is 48. The number of ketones is 8. The first-order valence-electron chi connectivity index (χ1n) is 46.3. The predicted molar refractivity (Wildman–Crippen MR) is 505 cm³/mol. The van der Waals surface area contributed by atoms with Crippen LogP contribution >= 0.6 is 0 Å². The van der Waals surface area contributed by atoms with Gasteiger partial charge in [0.2, 0.25) is 0 Å². The molecule has 0 unspecified atom stereocenters. The summed E-state index contributed by atoms with van der Waals surface area (Å²) in [4.78, 5) is 99.8. The van der Waals surface area contributed by atoms with Crippen LogP contribution in [0.25, 0.3) is 0 Å². The molecule has 0 amide bonds. The number of carbonyl (C=O) groups is 8. The van der Waals surface area contributed by atoms with Gasteiger partial charge in [0, 0.05) is 55.7 Å². The van der Waals surface area contributed by atoms with Gasteiger partial charge in [0.15, 0.2) is 46.3 Å². The lowest BCUT2D eigenvalue weighted by Crippen LogP contribution is -2.15. The van der Waals surface area contributed by atoms with Gasteiger partial charge in [-0.05, 0) is 312 Å². The molecule has 8 rings (SSSR count). The second-order valence-electron chi connectivity index (χ2n) is 34.8. The Kier molecular flexibility index (Phi) is 46.0. The minimum Gasteiger partial charge on any atom is -0.289 e. The Morgan fingerprint density at radius 2 is 0.378 bits per heavy atom. The maximum atomic E-state index is 13.1. The number of unbranched alkanes of at least 4 members (excludes halogenated alkanes) is 21. The number of Topliss-reactive ketones (excluding diaryl/α,β-unsaturated/α-hetero) is 8. The highest BCUT2D eigenvalue weighted by Crippen LogP contribution is 2.34. The van der Waals surface area contributed by atoms with Crippen LogP contribution in [0.15, 0.2) is 280 Å². The Balaban J connectivity index is 0.000000289. The first-order chi connectivity index (χ1) is 57.0. The smallest absolute Gasteiger partial charge is 0.185 e. The number of carbonyl (C=O) groups excluding carboxylic acids is 8. The monoisotopic (exact) mass is 1610 g/mol. The zero-order valence-corrected chi connectivity index (χ0v) is 77.2. The lowest BCUT2D eigenvalue weighted by molar-refractivity contribution is -0.113. The highest BCUT2D eigenvalue weighted by Gasteiger charge is 2.27. The molecule has 0 fully saturated rings. The maximum absolute atomic E-state index is 13.1. The van der Waals surface area contributed by atoms with E-state index in [-0.39, 0.29) is 64.0 Å². The molecule has 8 heteroatoms. The van der Waals surface area contributed by atoms with Crippen LogP contribution in [0, 0.1) is 17.8 Å². The van der Waals surface area contributed by atoms with Crippen molar-refractivity contribution in [3.63, 3.8) is 0 Å². The van der Waals surface area contributed by atoms with Gasteiger partial charge in [0.1, 0.15) is 0 Å². The molecule has 0 heterocycles. The second kappa shape index (κ2) is 54.4. The Morgan fingerprint density at radius 3 is 0.672 bits per heavy atom. The minimum absolute atomic E-state index is 0.103. The van der Waals surface area contributed by atoms with Gasteiger partial charge < -0.3 is 0 Å². The van der Waals surface area contributed by atoms with Crippen molar-refractivity contribution in [2.75, 3.05) is 0 Å². The molecule has 0 spiro atoms. The van der Waals surface area contributed by atoms with Gasteiger partial charge in [0.05, 0.1) is 0 Å². The first kappa shape index (κ1) is 101. The van der Waals surface area contributed by atoms with E-state index >= 15 is 0 Å². The summed E-state index contributed by atoms with van der Waals surface area (Å²) in [5, 5.41) is 0. The van der Waals surface area contributed by atoms with Gasteiger partial charge in [-0.25, -0.2) is 0 Å². The molecule has 0 saturated heterocycles. The van der Waals surface area contributed by atoms with Crippen LogP contribution < -0.4 is 0 Å². The average molecular weight is 1610 g/mol. The summed E-state index contributed by atoms with van der Waals surface area (Å²) in [6.07, 6.45) is 86.0. The Hall–Kier alpha value is -8.88. The molecule has 642 valence electrons. The van der Waals surface area contributed by atoms with Crippen LogP contribution in [0.3, 0.4) is 0 Å². The molecule has 0 bridgehead atoms. The summed E-state index contributed by atoms with van der Waals surface area (Å²) in [5.74, 6) is 2.05. The zero-order valence-electron chi connectivity index (χ0n) is 77.2. The van der Waals surface area contributed by atoms with E-state index in [1.807, 2.05) is 168 Å². The van der Waals surface area contributed by atoms with E-state index in [1.54, 1.807) is 0 Å². The van der Waals surface area contributed by atoms with Gasteiger partial charge >= 0.3 is 0 Å². The van der Waals surface area contributed by atoms with Crippen molar-refractivity contribution in [2.24, 2.45) is 17.8 Å². The fourth-order valence-corrected chi connectivity index (χ4v) is 15.7. The fraction of sp³-hybridized carbons (Fsp3) is 0.495. The summed E-state index contributed by atoms with van der Waals surface area (Å²) in [6, 6.07) is 0. The molecule has 8 nitrogen and oxygen atoms in total. The normalized spacial score (nSPS) is 19.6. The zero-order chi connectivity index (χ0) is 87.5. The molecule has 0 saturated carbocycles. The molecule has 0 aromatic carbocycles. The highest BCUT2D eigenvalue weighted by atomic mass is 16.2. The lowest BCUT2D eigenvalue weighted by atomic mass is 9.85. The van der Waals surface area contributed by atoms with E-state index in [9.17, 15) is 38.4 Å². The third-order valence-electron chi connectivity index (χ3n) is 23.1. The third kappa shape index (κ3) is 34.3. The van der Waals surface area contributed by atoms with Crippen molar-refractivity contribution < 1.29 is 38.4 Å². The Morgan fingerprint density at radius 1 is 0.193 bits per heavy atom. The topological polar surface area (TPSA) is 137 Å². The molecule has 0 aromatic heterocycles. The van der Waals surface area contributed by atoms with Crippen molar-refractivity contribution in [3.05, 3.63) is 280 Å². The van der Waals surface area contributed by atoms with Crippen LogP contribution in [-0.4, -0.2) is 46.3 Å². The third-order valence-corrected chi connectivity index (χ3v) is 23.1. The van der Waals surface area contributed by atoms with Crippen LogP contribution in [0.4, 0.5) is 0 Å². The predicted octanol–water partition coefficient (Wildman–Crippen LogP) is 29.9. The van der Waals surface area contributed by atoms with E-state index < -0.39 is 0 Å². The lowest BCUT2D eigenvalue weighted by Gasteiger charge is -2.18. The fourth-order valence-electron chi connectivity index (χ4n) is 15.7. The van der Waals surface area contributed by atoms with Gasteiger partial charge in [0.25, 0.3) is 0 Å². The molecule has 119 heavy (non-hydrogen) atoms. The molecule has 0 N–H and O–H groups in total. The van der Waals surface area contributed by atoms with Crippen molar-refractivity contribution in [2.45, 2.75) is 343 Å². The van der Waals surface area contributed by atoms with Crippen LogP contribution in [-0.2, 0) is 38.4 Å². The molecule has 8 aliphatic rings. The Labute approximate surface area is 721 Å². The summed E-state index contributed by atoms with van der Waals surface area (Å²) < 4.78 is 0. The maximum Gasteiger partial charge on any atom is 0.185 e.